The minimum Gasteiger partial charge on any atom is -0.481 e. The molecule has 1 fully saturated rings. The molecule has 0 spiro atoms. The number of benzene rings is 2. The minimum absolute atomic E-state index is 0.0442. The Balaban J connectivity index is 1.47. The van der Waals surface area contributed by atoms with Crippen molar-refractivity contribution in [2.45, 2.75) is 63.5 Å². The van der Waals surface area contributed by atoms with Crippen LogP contribution in [0.5, 0.6) is 0 Å². The van der Waals surface area contributed by atoms with Gasteiger partial charge in [-0.1, -0.05) is 67.5 Å². The zero-order valence-electron chi connectivity index (χ0n) is 17.4. The van der Waals surface area contributed by atoms with Crippen molar-refractivity contribution in [3.8, 4) is 0 Å². The summed E-state index contributed by atoms with van der Waals surface area (Å²) in [5.41, 5.74) is 1.09. The molecule has 30 heavy (non-hydrogen) atoms. The van der Waals surface area contributed by atoms with E-state index in [0.29, 0.717) is 25.8 Å². The quantitative estimate of drug-likeness (QED) is 0.428. The van der Waals surface area contributed by atoms with Gasteiger partial charge in [-0.25, -0.2) is 0 Å². The molecule has 0 unspecified atom stereocenters. The Bertz CT molecular complexity index is 892. The SMILES string of the molecule is O=C(O)CCCCCCN1C(=O)CC[C@@H]1/C=C/[C@@H](O)Cc1ccc2ccccc2c1. The highest BCUT2D eigenvalue weighted by Gasteiger charge is 2.28. The molecular formula is C25H31NO4. The van der Waals surface area contributed by atoms with Crippen molar-refractivity contribution in [2.24, 2.45) is 0 Å². The van der Waals surface area contributed by atoms with Crippen LogP contribution in [0.25, 0.3) is 10.8 Å². The molecule has 5 nitrogen and oxygen atoms in total. The number of aliphatic carboxylic acids is 1. The molecule has 1 heterocycles. The highest BCUT2D eigenvalue weighted by Crippen LogP contribution is 2.22. The summed E-state index contributed by atoms with van der Waals surface area (Å²) in [4.78, 5) is 24.7. The van der Waals surface area contributed by atoms with Crippen LogP contribution in [-0.4, -0.2) is 45.7 Å². The van der Waals surface area contributed by atoms with Gasteiger partial charge in [0.1, 0.15) is 0 Å². The van der Waals surface area contributed by atoms with Crippen molar-refractivity contribution in [3.63, 3.8) is 0 Å². The van der Waals surface area contributed by atoms with Gasteiger partial charge in [0.05, 0.1) is 12.1 Å². The number of amides is 1. The average Bonchev–Trinajstić information content (AvgIpc) is 3.08. The highest BCUT2D eigenvalue weighted by molar-refractivity contribution is 5.83. The van der Waals surface area contributed by atoms with Crippen molar-refractivity contribution in [1.82, 2.24) is 4.90 Å². The molecule has 0 aliphatic carbocycles. The molecule has 2 N–H and O–H groups in total. The second kappa shape index (κ2) is 10.9. The number of carbonyl (C=O) groups is 2. The number of hydrogen-bond acceptors (Lipinski definition) is 3. The van der Waals surface area contributed by atoms with Crippen molar-refractivity contribution < 1.29 is 19.8 Å². The Hall–Kier alpha value is -2.66. The summed E-state index contributed by atoms with van der Waals surface area (Å²) in [6.07, 6.45) is 8.68. The number of hydrogen-bond donors (Lipinski definition) is 2. The zero-order valence-corrected chi connectivity index (χ0v) is 17.4. The molecule has 1 amide bonds. The average molecular weight is 410 g/mol. The van der Waals surface area contributed by atoms with Crippen molar-refractivity contribution in [3.05, 3.63) is 60.2 Å². The number of carboxylic acids is 1. The molecule has 0 aromatic heterocycles. The van der Waals surface area contributed by atoms with Gasteiger partial charge in [-0.15, -0.1) is 0 Å². The first-order chi connectivity index (χ1) is 14.5. The molecule has 1 aliphatic heterocycles. The van der Waals surface area contributed by atoms with Gasteiger partial charge >= 0.3 is 5.97 Å². The number of fused-ring (bicyclic) bond motifs is 1. The molecule has 1 aliphatic rings. The van der Waals surface area contributed by atoms with Crippen LogP contribution in [0.2, 0.25) is 0 Å². The van der Waals surface area contributed by atoms with Crippen molar-refractivity contribution in [1.29, 1.82) is 0 Å². The Morgan fingerprint density at radius 3 is 2.67 bits per heavy atom. The molecule has 5 heteroatoms. The molecule has 0 saturated carbocycles. The standard InChI is InChI=1S/C25H31NO4/c27-23(18-19-10-11-20-7-4-5-8-21(20)17-19)14-12-22-13-15-24(28)26(22)16-6-2-1-3-9-25(29)30/h4-5,7-8,10-12,14,17,22-23,27H,1-3,6,9,13,15-16,18H2,(H,29,30)/b14-12+/t22-,23+/m0/s1. The largest absolute Gasteiger partial charge is 0.481 e. The fourth-order valence-corrected chi connectivity index (χ4v) is 4.09. The van der Waals surface area contributed by atoms with Crippen LogP contribution in [0.4, 0.5) is 0 Å². The maximum Gasteiger partial charge on any atom is 0.303 e. The molecular weight excluding hydrogens is 378 g/mol. The predicted octanol–water partition coefficient (Wildman–Crippen LogP) is 4.33. The number of aliphatic hydroxyl groups excluding tert-OH is 1. The second-order valence-corrected chi connectivity index (χ2v) is 8.09. The summed E-state index contributed by atoms with van der Waals surface area (Å²) in [6.45, 7) is 0.696. The van der Waals surface area contributed by atoms with E-state index in [4.69, 9.17) is 5.11 Å². The predicted molar refractivity (Wildman–Crippen MR) is 118 cm³/mol. The maximum atomic E-state index is 12.2. The molecule has 2 aromatic rings. The first kappa shape index (κ1) is 22.0. The maximum absolute atomic E-state index is 12.2. The third-order valence-electron chi connectivity index (χ3n) is 5.73. The molecule has 160 valence electrons. The van der Waals surface area contributed by atoms with Crippen molar-refractivity contribution in [2.75, 3.05) is 6.54 Å². The Kier molecular flexibility index (Phi) is 8.03. The van der Waals surface area contributed by atoms with E-state index in [9.17, 15) is 14.7 Å². The lowest BCUT2D eigenvalue weighted by atomic mass is 10.0. The van der Waals surface area contributed by atoms with Gasteiger partial charge in [0.15, 0.2) is 0 Å². The van der Waals surface area contributed by atoms with E-state index in [1.54, 1.807) is 0 Å². The van der Waals surface area contributed by atoms with Crippen LogP contribution in [0.3, 0.4) is 0 Å². The van der Waals surface area contributed by atoms with Crippen LogP contribution in [-0.2, 0) is 16.0 Å². The highest BCUT2D eigenvalue weighted by atomic mass is 16.4. The normalized spacial score (nSPS) is 17.8. The van der Waals surface area contributed by atoms with E-state index in [0.717, 1.165) is 31.2 Å². The number of carbonyl (C=O) groups excluding carboxylic acids is 1. The van der Waals surface area contributed by atoms with E-state index in [-0.39, 0.29) is 18.4 Å². The fourth-order valence-electron chi connectivity index (χ4n) is 4.09. The second-order valence-electron chi connectivity index (χ2n) is 8.09. The van der Waals surface area contributed by atoms with E-state index >= 15 is 0 Å². The van der Waals surface area contributed by atoms with Gasteiger partial charge in [-0.2, -0.15) is 0 Å². The number of rotatable bonds is 11. The lowest BCUT2D eigenvalue weighted by Gasteiger charge is -2.22. The Morgan fingerprint density at radius 2 is 1.87 bits per heavy atom. The first-order valence-corrected chi connectivity index (χ1v) is 10.9. The summed E-state index contributed by atoms with van der Waals surface area (Å²) in [7, 11) is 0. The molecule has 0 radical (unpaired) electrons. The van der Waals surface area contributed by atoms with Gasteiger partial charge < -0.3 is 15.1 Å². The molecule has 2 atom stereocenters. The summed E-state index contributed by atoms with van der Waals surface area (Å²) in [6, 6.07) is 14.5. The zero-order chi connectivity index (χ0) is 21.3. The van der Waals surface area contributed by atoms with Gasteiger partial charge in [0.25, 0.3) is 0 Å². The van der Waals surface area contributed by atoms with Crippen LogP contribution >= 0.6 is 0 Å². The number of unbranched alkanes of at least 4 members (excludes halogenated alkanes) is 3. The van der Waals surface area contributed by atoms with Crippen LogP contribution in [0.15, 0.2) is 54.6 Å². The smallest absolute Gasteiger partial charge is 0.303 e. The number of likely N-dealkylation sites (tertiary alicyclic amines) is 1. The Morgan fingerprint density at radius 1 is 1.10 bits per heavy atom. The van der Waals surface area contributed by atoms with Crippen LogP contribution in [0, 0.1) is 0 Å². The van der Waals surface area contributed by atoms with Gasteiger partial charge in [0, 0.05) is 25.8 Å². The third-order valence-corrected chi connectivity index (χ3v) is 5.73. The molecule has 0 bridgehead atoms. The van der Waals surface area contributed by atoms with Crippen LogP contribution < -0.4 is 0 Å². The molecule has 1 saturated heterocycles. The van der Waals surface area contributed by atoms with E-state index in [1.807, 2.05) is 29.2 Å². The van der Waals surface area contributed by atoms with E-state index in [2.05, 4.69) is 30.3 Å². The third kappa shape index (κ3) is 6.42. The summed E-state index contributed by atoms with van der Waals surface area (Å²) in [5.74, 6) is -0.587. The monoisotopic (exact) mass is 409 g/mol. The van der Waals surface area contributed by atoms with E-state index in [1.165, 1.54) is 10.8 Å². The van der Waals surface area contributed by atoms with Crippen molar-refractivity contribution >= 4 is 22.6 Å². The topological polar surface area (TPSA) is 77.8 Å². The van der Waals surface area contributed by atoms with Gasteiger partial charge in [-0.3, -0.25) is 9.59 Å². The van der Waals surface area contributed by atoms with Crippen LogP contribution in [0.1, 0.15) is 50.5 Å². The fraction of sp³-hybridized carbons (Fsp3) is 0.440. The summed E-state index contributed by atoms with van der Waals surface area (Å²) >= 11 is 0. The summed E-state index contributed by atoms with van der Waals surface area (Å²) < 4.78 is 0. The number of nitrogens with zero attached hydrogens (tertiary/aromatic N) is 1. The lowest BCUT2D eigenvalue weighted by molar-refractivity contribution is -0.137. The number of carboxylic acid groups (broad SMARTS) is 1. The minimum atomic E-state index is -0.753. The molecule has 2 aromatic carbocycles. The summed E-state index contributed by atoms with van der Waals surface area (Å²) in [5, 5.41) is 21.5. The first-order valence-electron chi connectivity index (χ1n) is 10.9. The molecule has 3 rings (SSSR count). The lowest BCUT2D eigenvalue weighted by Crippen LogP contribution is -2.32. The van der Waals surface area contributed by atoms with Gasteiger partial charge in [0.2, 0.25) is 5.91 Å². The number of aliphatic hydroxyl groups is 1. The Labute approximate surface area is 178 Å². The van der Waals surface area contributed by atoms with E-state index < -0.39 is 12.1 Å². The van der Waals surface area contributed by atoms with Gasteiger partial charge in [-0.05, 0) is 35.6 Å².